The van der Waals surface area contributed by atoms with Crippen molar-refractivity contribution < 1.29 is 14.3 Å². The Morgan fingerprint density at radius 1 is 1.20 bits per heavy atom. The minimum absolute atomic E-state index is 0.0812. The average Bonchev–Trinajstić information content (AvgIpc) is 3.18. The second kappa shape index (κ2) is 9.69. The van der Waals surface area contributed by atoms with Crippen molar-refractivity contribution in [2.24, 2.45) is 0 Å². The van der Waals surface area contributed by atoms with Crippen molar-refractivity contribution in [1.29, 1.82) is 0 Å². The molecule has 1 amide bonds. The minimum Gasteiger partial charge on any atom is -0.495 e. The van der Waals surface area contributed by atoms with Crippen LogP contribution in [0.3, 0.4) is 0 Å². The summed E-state index contributed by atoms with van der Waals surface area (Å²) in [6.45, 7) is 3.41. The molecule has 0 spiro atoms. The minimum atomic E-state index is -0.564. The number of nitrogens with zero attached hydrogens (tertiary/aromatic N) is 2. The van der Waals surface area contributed by atoms with E-state index in [1.54, 1.807) is 19.5 Å². The highest BCUT2D eigenvalue weighted by atomic mass is 16.5. The summed E-state index contributed by atoms with van der Waals surface area (Å²) in [6, 6.07) is 14.7. The summed E-state index contributed by atoms with van der Waals surface area (Å²) in [5, 5.41) is 2.78. The van der Waals surface area contributed by atoms with Gasteiger partial charge in [0, 0.05) is 12.3 Å². The van der Waals surface area contributed by atoms with Crippen molar-refractivity contribution in [1.82, 2.24) is 14.9 Å². The Labute approximate surface area is 176 Å². The van der Waals surface area contributed by atoms with E-state index in [0.717, 1.165) is 22.5 Å². The van der Waals surface area contributed by atoms with Gasteiger partial charge in [-0.2, -0.15) is 0 Å². The Balaban J connectivity index is 1.69. The van der Waals surface area contributed by atoms with Crippen LogP contribution in [0.15, 0.2) is 67.1 Å². The number of rotatable bonds is 8. The third-order valence-corrected chi connectivity index (χ3v) is 4.71. The zero-order chi connectivity index (χ0) is 21.5. The first-order valence-electron chi connectivity index (χ1n) is 9.68. The van der Waals surface area contributed by atoms with Crippen LogP contribution in [0.5, 0.6) is 5.75 Å². The molecule has 1 heterocycles. The fraction of sp³-hybridized carbons (Fsp3) is 0.208. The van der Waals surface area contributed by atoms with Crippen LogP contribution in [0.2, 0.25) is 0 Å². The van der Waals surface area contributed by atoms with Crippen molar-refractivity contribution in [2.75, 3.05) is 7.11 Å². The van der Waals surface area contributed by atoms with Crippen molar-refractivity contribution in [3.05, 3.63) is 84.0 Å². The van der Waals surface area contributed by atoms with E-state index in [9.17, 15) is 9.59 Å². The van der Waals surface area contributed by atoms with Crippen molar-refractivity contribution >= 4 is 17.8 Å². The number of Topliss-reactive ketones (excluding diaryl/α,β-unsaturated/α-hetero) is 1. The van der Waals surface area contributed by atoms with Crippen molar-refractivity contribution in [2.45, 2.75) is 26.3 Å². The molecule has 1 N–H and O–H groups in total. The number of imidazole rings is 1. The molecule has 0 aliphatic heterocycles. The quantitative estimate of drug-likeness (QED) is 0.584. The van der Waals surface area contributed by atoms with E-state index in [-0.39, 0.29) is 11.7 Å². The standard InChI is InChI=1S/C24H25N3O3/c1-17-15-27(16-25-17)22-11-9-20(14-23(22)30-3)10-12-24(29)26-21(18(2)28)13-19-7-5-4-6-8-19/h4-12,14-16,21H,13H2,1-3H3,(H,26,29). The Morgan fingerprint density at radius 2 is 1.97 bits per heavy atom. The van der Waals surface area contributed by atoms with E-state index in [2.05, 4.69) is 10.3 Å². The SMILES string of the molecule is COc1cc(C=CC(=O)NC(Cc2ccccc2)C(C)=O)ccc1-n1cnc(C)c1. The van der Waals surface area contributed by atoms with Crippen LogP contribution in [0, 0.1) is 6.92 Å². The number of aromatic nitrogens is 2. The second-order valence-corrected chi connectivity index (χ2v) is 7.05. The third kappa shape index (κ3) is 5.44. The van der Waals surface area contributed by atoms with Gasteiger partial charge in [0.05, 0.1) is 30.9 Å². The number of benzene rings is 2. The zero-order valence-electron chi connectivity index (χ0n) is 17.3. The molecule has 1 unspecified atom stereocenters. The molecule has 1 aromatic heterocycles. The first-order valence-corrected chi connectivity index (χ1v) is 9.68. The number of hydrogen-bond donors (Lipinski definition) is 1. The predicted molar refractivity (Wildman–Crippen MR) is 117 cm³/mol. The van der Waals surface area contributed by atoms with Crippen LogP contribution >= 0.6 is 0 Å². The normalized spacial score (nSPS) is 12.0. The Bertz CT molecular complexity index is 1050. The number of aryl methyl sites for hydroxylation is 1. The molecule has 3 rings (SSSR count). The van der Waals surface area contributed by atoms with Gasteiger partial charge in [0.25, 0.3) is 0 Å². The number of hydrogen-bond acceptors (Lipinski definition) is 4. The van der Waals surface area contributed by atoms with Gasteiger partial charge >= 0.3 is 0 Å². The largest absolute Gasteiger partial charge is 0.495 e. The molecule has 0 aliphatic carbocycles. The highest BCUT2D eigenvalue weighted by Gasteiger charge is 2.16. The fourth-order valence-electron chi connectivity index (χ4n) is 3.10. The number of carbonyl (C=O) groups excluding carboxylic acids is 2. The van der Waals surface area contributed by atoms with Crippen LogP contribution in [-0.2, 0) is 16.0 Å². The van der Waals surface area contributed by atoms with Gasteiger partial charge in [0.15, 0.2) is 5.78 Å². The third-order valence-electron chi connectivity index (χ3n) is 4.71. The van der Waals surface area contributed by atoms with Gasteiger partial charge in [-0.25, -0.2) is 4.98 Å². The van der Waals surface area contributed by atoms with E-state index >= 15 is 0 Å². The maximum absolute atomic E-state index is 12.4. The lowest BCUT2D eigenvalue weighted by Crippen LogP contribution is -2.40. The lowest BCUT2D eigenvalue weighted by molar-refractivity contribution is -0.124. The van der Waals surface area contributed by atoms with Crippen LogP contribution in [-0.4, -0.2) is 34.4 Å². The summed E-state index contributed by atoms with van der Waals surface area (Å²) in [5.41, 5.74) is 3.58. The van der Waals surface area contributed by atoms with Gasteiger partial charge in [-0.1, -0.05) is 36.4 Å². The highest BCUT2D eigenvalue weighted by molar-refractivity contribution is 5.95. The molecule has 0 aliphatic rings. The van der Waals surface area contributed by atoms with Gasteiger partial charge in [-0.15, -0.1) is 0 Å². The summed E-state index contributed by atoms with van der Waals surface area (Å²) < 4.78 is 7.38. The molecule has 1 atom stereocenters. The Morgan fingerprint density at radius 3 is 2.60 bits per heavy atom. The first kappa shape index (κ1) is 21.0. The number of nitrogens with one attached hydrogen (secondary N) is 1. The Hall–Kier alpha value is -3.67. The van der Waals surface area contributed by atoms with Gasteiger partial charge in [0.2, 0.25) is 5.91 Å². The molecular formula is C24H25N3O3. The van der Waals surface area contributed by atoms with Gasteiger partial charge in [-0.3, -0.25) is 9.59 Å². The number of carbonyl (C=O) groups is 2. The van der Waals surface area contributed by atoms with Crippen LogP contribution in [0.4, 0.5) is 0 Å². The lowest BCUT2D eigenvalue weighted by Gasteiger charge is -2.15. The molecule has 2 aromatic carbocycles. The predicted octanol–water partition coefficient (Wildman–Crippen LogP) is 3.52. The van der Waals surface area contributed by atoms with Crippen LogP contribution in [0.1, 0.15) is 23.7 Å². The highest BCUT2D eigenvalue weighted by Crippen LogP contribution is 2.25. The number of ketones is 1. The molecule has 3 aromatic rings. The van der Waals surface area contributed by atoms with Crippen LogP contribution in [0.25, 0.3) is 11.8 Å². The summed E-state index contributed by atoms with van der Waals surface area (Å²) in [6.07, 6.45) is 7.22. The zero-order valence-corrected chi connectivity index (χ0v) is 17.3. The summed E-state index contributed by atoms with van der Waals surface area (Å²) in [7, 11) is 1.60. The summed E-state index contributed by atoms with van der Waals surface area (Å²) in [4.78, 5) is 28.6. The topological polar surface area (TPSA) is 73.2 Å². The molecule has 0 fully saturated rings. The molecule has 0 saturated heterocycles. The molecular weight excluding hydrogens is 378 g/mol. The summed E-state index contributed by atoms with van der Waals surface area (Å²) >= 11 is 0. The molecule has 154 valence electrons. The lowest BCUT2D eigenvalue weighted by atomic mass is 10.0. The number of methoxy groups -OCH3 is 1. The number of ether oxygens (including phenoxy) is 1. The smallest absolute Gasteiger partial charge is 0.244 e. The van der Waals surface area contributed by atoms with E-state index in [0.29, 0.717) is 12.2 Å². The van der Waals surface area contributed by atoms with Crippen LogP contribution < -0.4 is 10.1 Å². The van der Waals surface area contributed by atoms with Gasteiger partial charge < -0.3 is 14.6 Å². The average molecular weight is 403 g/mol. The van der Waals surface area contributed by atoms with E-state index in [1.807, 2.05) is 66.2 Å². The molecule has 30 heavy (non-hydrogen) atoms. The fourth-order valence-corrected chi connectivity index (χ4v) is 3.10. The first-order chi connectivity index (χ1) is 14.5. The van der Waals surface area contributed by atoms with Gasteiger partial charge in [-0.05, 0) is 49.6 Å². The van der Waals surface area contributed by atoms with E-state index in [1.165, 1.54) is 13.0 Å². The maximum atomic E-state index is 12.4. The second-order valence-electron chi connectivity index (χ2n) is 7.05. The monoisotopic (exact) mass is 403 g/mol. The van der Waals surface area contributed by atoms with Gasteiger partial charge in [0.1, 0.15) is 5.75 Å². The molecule has 6 heteroatoms. The molecule has 0 radical (unpaired) electrons. The van der Waals surface area contributed by atoms with E-state index in [4.69, 9.17) is 4.74 Å². The van der Waals surface area contributed by atoms with Crippen molar-refractivity contribution in [3.8, 4) is 11.4 Å². The Kier molecular flexibility index (Phi) is 6.80. The molecule has 0 bridgehead atoms. The number of amides is 1. The van der Waals surface area contributed by atoms with E-state index < -0.39 is 6.04 Å². The molecule has 6 nitrogen and oxygen atoms in total. The maximum Gasteiger partial charge on any atom is 0.244 e. The molecule has 0 saturated carbocycles. The van der Waals surface area contributed by atoms with Crippen molar-refractivity contribution in [3.63, 3.8) is 0 Å². The summed E-state index contributed by atoms with van der Waals surface area (Å²) in [5.74, 6) is 0.266.